The van der Waals surface area contributed by atoms with Gasteiger partial charge in [0.1, 0.15) is 6.10 Å². The summed E-state index contributed by atoms with van der Waals surface area (Å²) in [5, 5.41) is 23.8. The number of aliphatic hydroxyl groups is 2. The van der Waals surface area contributed by atoms with E-state index in [-0.39, 0.29) is 31.3 Å². The van der Waals surface area contributed by atoms with Crippen molar-refractivity contribution in [1.29, 1.82) is 0 Å². The van der Waals surface area contributed by atoms with Crippen LogP contribution in [-0.4, -0.2) is 46.9 Å². The number of unbranched alkanes of at least 4 members (excludes halogenated alkanes) is 22. The van der Waals surface area contributed by atoms with Gasteiger partial charge < -0.3 is 20.3 Å². The highest BCUT2D eigenvalue weighted by molar-refractivity contribution is 5.77. The van der Waals surface area contributed by atoms with Gasteiger partial charge in [-0.15, -0.1) is 0 Å². The van der Waals surface area contributed by atoms with Gasteiger partial charge in [-0.3, -0.25) is 9.59 Å². The van der Waals surface area contributed by atoms with Crippen molar-refractivity contribution in [1.82, 2.24) is 5.32 Å². The zero-order chi connectivity index (χ0) is 45.2. The summed E-state index contributed by atoms with van der Waals surface area (Å²) in [7, 11) is 0. The maximum Gasteiger partial charge on any atom is 0.306 e. The summed E-state index contributed by atoms with van der Waals surface area (Å²) in [6.07, 6.45) is 62.5. The molecule has 0 aromatic carbocycles. The van der Waals surface area contributed by atoms with Crippen LogP contribution in [0.25, 0.3) is 0 Å². The quantitative estimate of drug-likeness (QED) is 0.0322. The van der Waals surface area contributed by atoms with E-state index in [0.29, 0.717) is 19.3 Å². The number of esters is 1. The highest BCUT2D eigenvalue weighted by atomic mass is 16.5. The smallest absolute Gasteiger partial charge is 0.306 e. The maximum atomic E-state index is 13.2. The van der Waals surface area contributed by atoms with E-state index in [2.05, 4.69) is 92.9 Å². The number of amides is 1. The number of carbonyl (C=O) groups is 2. The van der Waals surface area contributed by atoms with Crippen LogP contribution in [0.5, 0.6) is 0 Å². The normalized spacial score (nSPS) is 13.8. The number of carbonyl (C=O) groups excluding carboxylic acids is 2. The molecular formula is C56H99NO5. The molecule has 0 rings (SSSR count). The number of hydrogen-bond acceptors (Lipinski definition) is 5. The number of ether oxygens (including phenoxy) is 1. The third-order valence-corrected chi connectivity index (χ3v) is 11.5. The largest absolute Gasteiger partial charge is 0.462 e. The van der Waals surface area contributed by atoms with Crippen LogP contribution in [0.15, 0.2) is 72.9 Å². The molecule has 1 amide bonds. The summed E-state index contributed by atoms with van der Waals surface area (Å²) in [6.45, 7) is 6.34. The van der Waals surface area contributed by atoms with Crippen molar-refractivity contribution in [2.45, 2.75) is 264 Å². The minimum Gasteiger partial charge on any atom is -0.462 e. The van der Waals surface area contributed by atoms with Gasteiger partial charge in [0.25, 0.3) is 0 Å². The first kappa shape index (κ1) is 59.3. The van der Waals surface area contributed by atoms with Gasteiger partial charge in [-0.05, 0) is 83.5 Å². The molecule has 0 aliphatic heterocycles. The van der Waals surface area contributed by atoms with E-state index in [1.807, 2.05) is 6.08 Å². The van der Waals surface area contributed by atoms with Crippen LogP contribution in [0.1, 0.15) is 245 Å². The van der Waals surface area contributed by atoms with Crippen LogP contribution in [0.4, 0.5) is 0 Å². The lowest BCUT2D eigenvalue weighted by molar-refractivity contribution is -0.150. The fourth-order valence-electron chi connectivity index (χ4n) is 7.59. The molecule has 0 aromatic rings. The Bertz CT molecular complexity index is 1150. The second-order valence-corrected chi connectivity index (χ2v) is 17.5. The zero-order valence-electron chi connectivity index (χ0n) is 40.7. The Morgan fingerprint density at radius 3 is 1.34 bits per heavy atom. The van der Waals surface area contributed by atoms with Crippen molar-refractivity contribution in [3.63, 3.8) is 0 Å². The molecule has 0 saturated heterocycles. The number of aliphatic hydroxyl groups excluding tert-OH is 2. The van der Waals surface area contributed by atoms with E-state index in [1.165, 1.54) is 116 Å². The van der Waals surface area contributed by atoms with Crippen LogP contribution in [-0.2, 0) is 14.3 Å². The first-order valence-electron chi connectivity index (χ1n) is 26.2. The number of allylic oxidation sites excluding steroid dienone is 12. The summed E-state index contributed by atoms with van der Waals surface area (Å²) >= 11 is 0. The van der Waals surface area contributed by atoms with Gasteiger partial charge in [0.15, 0.2) is 0 Å². The summed E-state index contributed by atoms with van der Waals surface area (Å²) < 4.78 is 5.89. The molecule has 0 spiro atoms. The molecule has 0 aliphatic rings. The van der Waals surface area contributed by atoms with Crippen molar-refractivity contribution in [3.8, 4) is 0 Å². The van der Waals surface area contributed by atoms with Gasteiger partial charge in [-0.25, -0.2) is 0 Å². The molecule has 3 unspecified atom stereocenters. The highest BCUT2D eigenvalue weighted by Crippen LogP contribution is 2.17. The van der Waals surface area contributed by atoms with E-state index < -0.39 is 18.2 Å². The molecule has 0 fully saturated rings. The Kier molecular flexibility index (Phi) is 47.2. The summed E-state index contributed by atoms with van der Waals surface area (Å²) in [6, 6.07) is -0.721. The topological polar surface area (TPSA) is 95.9 Å². The average molecular weight is 866 g/mol. The number of hydrogen-bond donors (Lipinski definition) is 3. The fourth-order valence-corrected chi connectivity index (χ4v) is 7.59. The van der Waals surface area contributed by atoms with E-state index >= 15 is 0 Å². The minimum absolute atomic E-state index is 0.0402. The monoisotopic (exact) mass is 866 g/mol. The summed E-state index contributed by atoms with van der Waals surface area (Å²) in [5.74, 6) is -0.581. The van der Waals surface area contributed by atoms with Crippen molar-refractivity contribution >= 4 is 11.9 Å². The number of nitrogens with one attached hydrogen (secondary N) is 1. The van der Waals surface area contributed by atoms with Crippen LogP contribution < -0.4 is 5.32 Å². The molecule has 3 atom stereocenters. The van der Waals surface area contributed by atoms with Gasteiger partial charge in [0.2, 0.25) is 5.91 Å². The molecule has 358 valence electrons. The Morgan fingerprint density at radius 1 is 0.484 bits per heavy atom. The standard InChI is InChI=1S/C56H99NO5/c1-4-7-10-13-16-19-22-25-27-28-31-34-37-40-43-46-49-56(61)62-52(47-44-41-38-35-32-29-24-21-18-15-12-9-6-3)50-55(60)57-53(51-58)54(59)48-45-42-39-36-33-30-26-23-20-17-14-11-8-5-2/h7,10,16,19,21,24-25,27,31,34,40,43,52-54,58-59H,4-6,8-9,11-15,17-18,20,22-23,26,28-30,32-33,35-39,41-42,44-51H2,1-3H3,(H,57,60)/b10-7+,19-16+,24-21-,27-25+,34-31+,43-40+. The molecule has 0 saturated carbocycles. The molecule has 0 aliphatic carbocycles. The Balaban J connectivity index is 4.68. The first-order chi connectivity index (χ1) is 30.5. The third-order valence-electron chi connectivity index (χ3n) is 11.5. The first-order valence-corrected chi connectivity index (χ1v) is 26.2. The predicted octanol–water partition coefficient (Wildman–Crippen LogP) is 15.8. The summed E-state index contributed by atoms with van der Waals surface area (Å²) in [4.78, 5) is 26.1. The van der Waals surface area contributed by atoms with Crippen LogP contribution in [0.3, 0.4) is 0 Å². The molecule has 0 aromatic heterocycles. The van der Waals surface area contributed by atoms with E-state index in [1.54, 1.807) is 0 Å². The van der Waals surface area contributed by atoms with Crippen molar-refractivity contribution in [3.05, 3.63) is 72.9 Å². The molecule has 0 radical (unpaired) electrons. The Labute approximate surface area is 383 Å². The van der Waals surface area contributed by atoms with Gasteiger partial charge in [0, 0.05) is 6.42 Å². The second-order valence-electron chi connectivity index (χ2n) is 17.5. The van der Waals surface area contributed by atoms with Gasteiger partial charge in [-0.1, -0.05) is 222 Å². The molecule has 6 heteroatoms. The molecule has 6 nitrogen and oxygen atoms in total. The van der Waals surface area contributed by atoms with Gasteiger partial charge in [0.05, 0.1) is 25.2 Å². The van der Waals surface area contributed by atoms with E-state index in [9.17, 15) is 19.8 Å². The SMILES string of the molecule is CC/C=C/C/C=C/C/C=C/C/C=C/C/C=C/CCC(=O)OC(CCCCCCC/C=C\CCCCCC)CC(=O)NC(CO)C(O)CCCCCCCCCCCCCCCC. The van der Waals surface area contributed by atoms with Gasteiger partial charge in [-0.2, -0.15) is 0 Å². The highest BCUT2D eigenvalue weighted by Gasteiger charge is 2.24. The zero-order valence-corrected chi connectivity index (χ0v) is 40.7. The predicted molar refractivity (Wildman–Crippen MR) is 268 cm³/mol. The lowest BCUT2D eigenvalue weighted by Gasteiger charge is -2.24. The molecule has 0 bridgehead atoms. The van der Waals surface area contributed by atoms with Gasteiger partial charge >= 0.3 is 5.97 Å². The molecule has 3 N–H and O–H groups in total. The van der Waals surface area contributed by atoms with E-state index in [0.717, 1.165) is 77.0 Å². The van der Waals surface area contributed by atoms with Crippen molar-refractivity contribution in [2.24, 2.45) is 0 Å². The van der Waals surface area contributed by atoms with Crippen LogP contribution in [0, 0.1) is 0 Å². The molecule has 62 heavy (non-hydrogen) atoms. The fraction of sp³-hybridized carbons (Fsp3) is 0.750. The molecular weight excluding hydrogens is 767 g/mol. The van der Waals surface area contributed by atoms with Crippen molar-refractivity contribution in [2.75, 3.05) is 6.61 Å². The summed E-state index contributed by atoms with van der Waals surface area (Å²) in [5.41, 5.74) is 0. The number of rotatable bonds is 46. The maximum absolute atomic E-state index is 13.2. The molecule has 0 heterocycles. The minimum atomic E-state index is -0.804. The lowest BCUT2D eigenvalue weighted by atomic mass is 10.0. The van der Waals surface area contributed by atoms with E-state index in [4.69, 9.17) is 4.74 Å². The second kappa shape index (κ2) is 49.3. The Hall–Kier alpha value is -2.70. The third kappa shape index (κ3) is 43.9. The Morgan fingerprint density at radius 2 is 0.871 bits per heavy atom. The van der Waals surface area contributed by atoms with Crippen LogP contribution >= 0.6 is 0 Å². The lowest BCUT2D eigenvalue weighted by Crippen LogP contribution is -2.46. The average Bonchev–Trinajstić information content (AvgIpc) is 3.26. The van der Waals surface area contributed by atoms with Crippen LogP contribution in [0.2, 0.25) is 0 Å². The van der Waals surface area contributed by atoms with Crippen molar-refractivity contribution < 1.29 is 24.5 Å².